The first-order valence-electron chi connectivity index (χ1n) is 10.7. The van der Waals surface area contributed by atoms with Crippen LogP contribution in [-0.4, -0.2) is 54.5 Å². The van der Waals surface area contributed by atoms with Crippen LogP contribution in [0.15, 0.2) is 39.5 Å². The van der Waals surface area contributed by atoms with Crippen LogP contribution in [0.25, 0.3) is 21.9 Å². The van der Waals surface area contributed by atoms with Crippen LogP contribution < -0.4 is 29.1 Å². The summed E-state index contributed by atoms with van der Waals surface area (Å²) < 4.78 is 34.1. The fourth-order valence-electron chi connectivity index (χ4n) is 4.29. The minimum Gasteiger partial charge on any atom is -0.508 e. The summed E-state index contributed by atoms with van der Waals surface area (Å²) >= 11 is 0. The highest BCUT2D eigenvalue weighted by atomic mass is 16.6. The average molecular weight is 498 g/mol. The Kier molecular flexibility index (Phi) is 5.56. The zero-order valence-corrected chi connectivity index (χ0v) is 19.4. The molecule has 0 radical (unpaired) electrons. The van der Waals surface area contributed by atoms with Gasteiger partial charge in [-0.05, 0) is 18.2 Å². The molecule has 2 atom stereocenters. The highest BCUT2D eigenvalue weighted by molar-refractivity contribution is 5.98. The predicted octanol–water partition coefficient (Wildman–Crippen LogP) is 2.96. The molecule has 0 amide bonds. The van der Waals surface area contributed by atoms with Gasteiger partial charge in [0, 0.05) is 17.7 Å². The smallest absolute Gasteiger partial charge is 0.209 e. The number of aliphatic hydroxyl groups excluding tert-OH is 1. The van der Waals surface area contributed by atoms with E-state index in [2.05, 4.69) is 0 Å². The summed E-state index contributed by atoms with van der Waals surface area (Å²) in [6, 6.07) is 6.66. The van der Waals surface area contributed by atoms with Crippen molar-refractivity contribution in [3.05, 3.63) is 46.1 Å². The predicted molar refractivity (Wildman–Crippen MR) is 126 cm³/mol. The molecular weight excluding hydrogens is 476 g/mol. The number of phenolic OH excluding ortho intramolecular Hbond substituents is 3. The van der Waals surface area contributed by atoms with E-state index in [1.807, 2.05) is 0 Å². The minimum absolute atomic E-state index is 0.000749. The van der Waals surface area contributed by atoms with Crippen molar-refractivity contribution in [3.8, 4) is 46.0 Å². The Morgan fingerprint density at radius 1 is 0.861 bits per heavy atom. The second kappa shape index (κ2) is 8.61. The maximum absolute atomic E-state index is 13.2. The van der Waals surface area contributed by atoms with Gasteiger partial charge < -0.3 is 48.5 Å². The summed E-state index contributed by atoms with van der Waals surface area (Å²) in [6.07, 6.45) is -1.89. The second-order valence-corrected chi connectivity index (χ2v) is 8.03. The Labute approximate surface area is 203 Å². The van der Waals surface area contributed by atoms with Crippen LogP contribution in [0.4, 0.5) is 0 Å². The Morgan fingerprint density at radius 3 is 2.14 bits per heavy atom. The van der Waals surface area contributed by atoms with Crippen LogP contribution in [0, 0.1) is 0 Å². The molecule has 0 aliphatic carbocycles. The quantitative estimate of drug-likeness (QED) is 0.300. The molecular formula is C25H22O11. The summed E-state index contributed by atoms with van der Waals surface area (Å²) in [4.78, 5) is 13.2. The molecule has 3 aromatic carbocycles. The molecule has 5 rings (SSSR count). The third kappa shape index (κ3) is 3.43. The molecule has 1 aliphatic rings. The molecule has 0 spiro atoms. The number of benzene rings is 3. The highest BCUT2D eigenvalue weighted by Crippen LogP contribution is 2.51. The first kappa shape index (κ1) is 23.2. The van der Waals surface area contributed by atoms with Gasteiger partial charge in [-0.25, -0.2) is 0 Å². The van der Waals surface area contributed by atoms with Crippen molar-refractivity contribution < 1.29 is 48.5 Å². The molecule has 11 heteroatoms. The molecule has 0 unspecified atom stereocenters. The van der Waals surface area contributed by atoms with Crippen molar-refractivity contribution in [1.82, 2.24) is 0 Å². The summed E-state index contributed by atoms with van der Waals surface area (Å²) in [7, 11) is 4.14. The molecule has 36 heavy (non-hydrogen) atoms. The average Bonchev–Trinajstić information content (AvgIpc) is 2.87. The van der Waals surface area contributed by atoms with E-state index in [0.717, 1.165) is 6.07 Å². The molecule has 2 heterocycles. The van der Waals surface area contributed by atoms with Gasteiger partial charge in [0.15, 0.2) is 35.0 Å². The van der Waals surface area contributed by atoms with E-state index in [0.29, 0.717) is 5.56 Å². The number of aliphatic hydroxyl groups is 1. The Bertz CT molecular complexity index is 1530. The first-order valence-corrected chi connectivity index (χ1v) is 10.7. The van der Waals surface area contributed by atoms with Crippen molar-refractivity contribution in [1.29, 1.82) is 0 Å². The normalized spacial score (nSPS) is 16.8. The lowest BCUT2D eigenvalue weighted by molar-refractivity contribution is -0.0135. The molecule has 188 valence electrons. The lowest BCUT2D eigenvalue weighted by atomic mass is 10.0. The van der Waals surface area contributed by atoms with Gasteiger partial charge in [-0.1, -0.05) is 0 Å². The van der Waals surface area contributed by atoms with E-state index in [-0.39, 0.29) is 62.2 Å². The summed E-state index contributed by atoms with van der Waals surface area (Å²) in [6.45, 7) is -0.492. The Morgan fingerprint density at radius 2 is 1.53 bits per heavy atom. The fraction of sp³-hybridized carbons (Fsp3) is 0.240. The third-order valence-electron chi connectivity index (χ3n) is 5.99. The maximum atomic E-state index is 13.2. The summed E-state index contributed by atoms with van der Waals surface area (Å²) in [5.74, 6) is -0.469. The van der Waals surface area contributed by atoms with E-state index >= 15 is 0 Å². The van der Waals surface area contributed by atoms with Gasteiger partial charge in [-0.2, -0.15) is 0 Å². The first-order chi connectivity index (χ1) is 17.3. The Balaban J connectivity index is 1.75. The monoisotopic (exact) mass is 498 g/mol. The van der Waals surface area contributed by atoms with Crippen LogP contribution in [0.1, 0.15) is 11.7 Å². The van der Waals surface area contributed by atoms with Crippen LogP contribution in [0.2, 0.25) is 0 Å². The number of fused-ring (bicyclic) bond motifs is 4. The molecule has 0 fully saturated rings. The van der Waals surface area contributed by atoms with Crippen molar-refractivity contribution in [2.45, 2.75) is 12.2 Å². The molecule has 1 aliphatic heterocycles. The number of aromatic hydroxyl groups is 3. The van der Waals surface area contributed by atoms with Crippen LogP contribution >= 0.6 is 0 Å². The van der Waals surface area contributed by atoms with Crippen LogP contribution in [0.3, 0.4) is 0 Å². The molecule has 0 saturated carbocycles. The number of hydrogen-bond donors (Lipinski definition) is 4. The van der Waals surface area contributed by atoms with Gasteiger partial charge in [0.25, 0.3) is 0 Å². The van der Waals surface area contributed by atoms with Crippen molar-refractivity contribution >= 4 is 21.9 Å². The van der Waals surface area contributed by atoms with Crippen molar-refractivity contribution in [2.75, 3.05) is 27.9 Å². The SMILES string of the molecule is COc1cc([C@@H]2Oc3c(OC)cc4c(=O)c5c(O)cc(O)cc5oc4c3O[C@@H]2CO)cc(OC)c1O. The largest absolute Gasteiger partial charge is 0.508 e. The fourth-order valence-corrected chi connectivity index (χ4v) is 4.29. The van der Waals surface area contributed by atoms with Gasteiger partial charge in [-0.3, -0.25) is 4.79 Å². The van der Waals surface area contributed by atoms with E-state index in [9.17, 15) is 25.2 Å². The van der Waals surface area contributed by atoms with Gasteiger partial charge >= 0.3 is 0 Å². The molecule has 0 saturated heterocycles. The van der Waals surface area contributed by atoms with Crippen molar-refractivity contribution in [3.63, 3.8) is 0 Å². The number of ether oxygens (including phenoxy) is 5. The molecule has 4 aromatic rings. The van der Waals surface area contributed by atoms with E-state index in [4.69, 9.17) is 28.1 Å². The van der Waals surface area contributed by atoms with Crippen molar-refractivity contribution in [2.24, 2.45) is 0 Å². The van der Waals surface area contributed by atoms with Gasteiger partial charge in [0.05, 0.1) is 33.3 Å². The number of phenols is 3. The summed E-state index contributed by atoms with van der Waals surface area (Å²) in [5, 5.41) is 40.4. The van der Waals surface area contributed by atoms with Gasteiger partial charge in [-0.15, -0.1) is 0 Å². The van der Waals surface area contributed by atoms with E-state index in [1.54, 1.807) is 0 Å². The topological polar surface area (TPSA) is 157 Å². The lowest BCUT2D eigenvalue weighted by Gasteiger charge is -2.34. The summed E-state index contributed by atoms with van der Waals surface area (Å²) in [5.41, 5.74) is -0.213. The lowest BCUT2D eigenvalue weighted by Crippen LogP contribution is -2.36. The number of methoxy groups -OCH3 is 3. The zero-order valence-electron chi connectivity index (χ0n) is 19.4. The minimum atomic E-state index is -0.981. The zero-order chi connectivity index (χ0) is 25.7. The molecule has 4 N–H and O–H groups in total. The number of rotatable bonds is 5. The molecule has 1 aromatic heterocycles. The number of hydrogen-bond acceptors (Lipinski definition) is 11. The van der Waals surface area contributed by atoms with E-state index in [1.165, 1.54) is 45.6 Å². The molecule has 0 bridgehead atoms. The van der Waals surface area contributed by atoms with Gasteiger partial charge in [0.1, 0.15) is 22.5 Å². The van der Waals surface area contributed by atoms with E-state index < -0.39 is 30.0 Å². The molecule has 11 nitrogen and oxygen atoms in total. The van der Waals surface area contributed by atoms with Gasteiger partial charge in [0.2, 0.25) is 22.7 Å². The standard InChI is InChI=1S/C25H22O11/c1-31-15-4-10(5-16(32-2)21(15)30)22-18(9-26)35-25-23-12(8-17(33-3)24(25)36-22)20(29)19-13(28)6-11(27)7-14(19)34-23/h4-8,18,22,26-28,30H,9H2,1-3H3/t18-,22+/m1/s1. The maximum Gasteiger partial charge on any atom is 0.209 e. The second-order valence-electron chi connectivity index (χ2n) is 8.03. The van der Waals surface area contributed by atoms with Crippen LogP contribution in [0.5, 0.6) is 46.0 Å². The highest BCUT2D eigenvalue weighted by Gasteiger charge is 2.38. The van der Waals surface area contributed by atoms with Crippen LogP contribution in [-0.2, 0) is 0 Å². The third-order valence-corrected chi connectivity index (χ3v) is 5.99. The Hall–Kier alpha value is -4.51.